The van der Waals surface area contributed by atoms with Gasteiger partial charge in [-0.25, -0.2) is 8.78 Å². The van der Waals surface area contributed by atoms with Crippen LogP contribution in [0.15, 0.2) is 69.0 Å². The molecule has 0 radical (unpaired) electrons. The molecule has 0 aliphatic carbocycles. The number of benzene rings is 2. The number of halogens is 2. The zero-order valence-corrected chi connectivity index (χ0v) is 15.2. The van der Waals surface area contributed by atoms with E-state index in [-0.39, 0.29) is 23.9 Å². The highest BCUT2D eigenvalue weighted by Gasteiger charge is 2.14. The Bertz CT molecular complexity index is 1320. The minimum absolute atomic E-state index is 0.0745. The van der Waals surface area contributed by atoms with Gasteiger partial charge in [0, 0.05) is 18.0 Å². The van der Waals surface area contributed by atoms with Crippen molar-refractivity contribution in [1.29, 1.82) is 0 Å². The van der Waals surface area contributed by atoms with Crippen LogP contribution in [0.5, 0.6) is 0 Å². The predicted octanol–water partition coefficient (Wildman–Crippen LogP) is 2.68. The van der Waals surface area contributed by atoms with Crippen molar-refractivity contribution in [3.63, 3.8) is 0 Å². The Kier molecular flexibility index (Phi) is 4.63. The van der Waals surface area contributed by atoms with Crippen LogP contribution in [0.25, 0.3) is 17.1 Å². The lowest BCUT2D eigenvalue weighted by Crippen LogP contribution is -2.40. The number of hydrogen-bond acceptors (Lipinski definition) is 5. The van der Waals surface area contributed by atoms with Crippen LogP contribution in [-0.4, -0.2) is 19.3 Å². The van der Waals surface area contributed by atoms with Gasteiger partial charge in [0.2, 0.25) is 11.7 Å². The maximum absolute atomic E-state index is 13.5. The highest BCUT2D eigenvalue weighted by atomic mass is 19.1. The third kappa shape index (κ3) is 3.62. The van der Waals surface area contributed by atoms with Crippen LogP contribution < -0.4 is 11.1 Å². The molecule has 4 rings (SSSR count). The first kappa shape index (κ1) is 18.5. The predicted molar refractivity (Wildman–Crippen MR) is 99.8 cm³/mol. The van der Waals surface area contributed by atoms with E-state index in [0.29, 0.717) is 11.1 Å². The first-order chi connectivity index (χ1) is 13.9. The second-order valence-electron chi connectivity index (χ2n) is 6.36. The molecule has 0 amide bonds. The van der Waals surface area contributed by atoms with Gasteiger partial charge in [-0.05, 0) is 36.8 Å². The van der Waals surface area contributed by atoms with Crippen molar-refractivity contribution in [3.8, 4) is 17.1 Å². The van der Waals surface area contributed by atoms with Crippen LogP contribution in [0.4, 0.5) is 8.78 Å². The summed E-state index contributed by atoms with van der Waals surface area (Å²) in [5.41, 5.74) is -0.329. The topological polar surface area (TPSA) is 82.9 Å². The highest BCUT2D eigenvalue weighted by molar-refractivity contribution is 5.53. The number of nitrogens with zero attached hydrogens (tertiary/aromatic N) is 4. The van der Waals surface area contributed by atoms with Crippen molar-refractivity contribution in [2.75, 3.05) is 0 Å². The molecule has 0 saturated carbocycles. The van der Waals surface area contributed by atoms with E-state index in [9.17, 15) is 18.4 Å². The molecule has 2 aromatic carbocycles. The number of aryl methyl sites for hydroxylation is 1. The molecule has 146 valence electrons. The van der Waals surface area contributed by atoms with Gasteiger partial charge in [0.05, 0.1) is 5.69 Å². The summed E-state index contributed by atoms with van der Waals surface area (Å²) in [4.78, 5) is 29.1. The van der Waals surface area contributed by atoms with Crippen molar-refractivity contribution in [3.05, 3.63) is 98.7 Å². The quantitative estimate of drug-likeness (QED) is 0.496. The molecule has 0 aliphatic rings. The van der Waals surface area contributed by atoms with Crippen molar-refractivity contribution in [2.45, 2.75) is 13.5 Å². The average molecular weight is 396 g/mol. The normalized spacial score (nSPS) is 11.0. The fraction of sp³-hybridized carbons (Fsp3) is 0.100. The van der Waals surface area contributed by atoms with Gasteiger partial charge < -0.3 is 4.52 Å². The third-order valence-corrected chi connectivity index (χ3v) is 4.35. The molecule has 0 atom stereocenters. The Morgan fingerprint density at radius 2 is 1.79 bits per heavy atom. The lowest BCUT2D eigenvalue weighted by molar-refractivity contribution is 0.369. The summed E-state index contributed by atoms with van der Waals surface area (Å²) in [7, 11) is 0. The smallest absolute Gasteiger partial charge is 0.320 e. The van der Waals surface area contributed by atoms with Crippen LogP contribution in [0, 0.1) is 18.6 Å². The molecule has 0 aliphatic heterocycles. The van der Waals surface area contributed by atoms with Crippen LogP contribution in [-0.2, 0) is 6.54 Å². The molecule has 0 bridgehead atoms. The maximum atomic E-state index is 13.5. The van der Waals surface area contributed by atoms with Gasteiger partial charge in [-0.1, -0.05) is 23.4 Å². The number of hydrogen-bond donors (Lipinski definition) is 0. The fourth-order valence-corrected chi connectivity index (χ4v) is 2.87. The fourth-order valence-electron chi connectivity index (χ4n) is 2.87. The molecule has 0 spiro atoms. The number of aromatic nitrogens is 4. The summed E-state index contributed by atoms with van der Waals surface area (Å²) in [5, 5.41) is 3.77. The second kappa shape index (κ2) is 7.27. The largest absolute Gasteiger partial charge is 0.337 e. The summed E-state index contributed by atoms with van der Waals surface area (Å²) < 4.78 is 34.2. The highest BCUT2D eigenvalue weighted by Crippen LogP contribution is 2.17. The van der Waals surface area contributed by atoms with E-state index in [1.165, 1.54) is 48.8 Å². The van der Waals surface area contributed by atoms with Crippen molar-refractivity contribution in [2.24, 2.45) is 0 Å². The van der Waals surface area contributed by atoms with Crippen molar-refractivity contribution < 1.29 is 13.3 Å². The zero-order valence-electron chi connectivity index (χ0n) is 15.2. The van der Waals surface area contributed by atoms with Gasteiger partial charge in [-0.3, -0.25) is 18.7 Å². The van der Waals surface area contributed by atoms with Gasteiger partial charge in [0.1, 0.15) is 18.2 Å². The average Bonchev–Trinajstić information content (AvgIpc) is 3.16. The summed E-state index contributed by atoms with van der Waals surface area (Å²) in [6.45, 7) is 1.57. The first-order valence-corrected chi connectivity index (χ1v) is 8.59. The zero-order chi connectivity index (χ0) is 20.5. The van der Waals surface area contributed by atoms with E-state index in [1.54, 1.807) is 13.0 Å². The third-order valence-electron chi connectivity index (χ3n) is 4.35. The lowest BCUT2D eigenvalue weighted by Gasteiger charge is -2.10. The van der Waals surface area contributed by atoms with Gasteiger partial charge in [0.15, 0.2) is 0 Å². The van der Waals surface area contributed by atoms with Gasteiger partial charge >= 0.3 is 11.1 Å². The first-order valence-electron chi connectivity index (χ1n) is 8.59. The molecule has 0 unspecified atom stereocenters. The van der Waals surface area contributed by atoms with E-state index < -0.39 is 22.8 Å². The van der Waals surface area contributed by atoms with Crippen LogP contribution >= 0.6 is 0 Å². The van der Waals surface area contributed by atoms with E-state index >= 15 is 0 Å². The molecule has 0 saturated heterocycles. The molecule has 29 heavy (non-hydrogen) atoms. The minimum atomic E-state index is -0.842. The van der Waals surface area contributed by atoms with Crippen molar-refractivity contribution >= 4 is 0 Å². The van der Waals surface area contributed by atoms with E-state index in [0.717, 1.165) is 9.13 Å². The Balaban J connectivity index is 1.66. The molecule has 2 aromatic heterocycles. The maximum Gasteiger partial charge on any atom is 0.320 e. The standard InChI is InChI=1S/C20H14F2N4O3/c1-12-5-6-15(22)10-16(12)26-8-7-25(19(27)20(26)28)11-17-23-18(24-29-17)13-3-2-4-14(21)9-13/h2-10H,11H2,1H3. The Labute approximate surface area is 162 Å². The molecule has 7 nitrogen and oxygen atoms in total. The summed E-state index contributed by atoms with van der Waals surface area (Å²) in [5.74, 6) is -0.722. The second-order valence-corrected chi connectivity index (χ2v) is 6.36. The molecule has 0 N–H and O–H groups in total. The minimum Gasteiger partial charge on any atom is -0.337 e. The molecular formula is C20H14F2N4O3. The molecule has 9 heteroatoms. The van der Waals surface area contributed by atoms with Crippen molar-refractivity contribution in [1.82, 2.24) is 19.3 Å². The summed E-state index contributed by atoms with van der Waals surface area (Å²) in [6, 6.07) is 9.66. The Morgan fingerprint density at radius 1 is 1.00 bits per heavy atom. The monoisotopic (exact) mass is 396 g/mol. The van der Waals surface area contributed by atoms with Crippen LogP contribution in [0.3, 0.4) is 0 Å². The van der Waals surface area contributed by atoms with E-state index in [1.807, 2.05) is 0 Å². The SMILES string of the molecule is Cc1ccc(F)cc1-n1ccn(Cc2nc(-c3cccc(F)c3)no2)c(=O)c1=O. The Hall–Kier alpha value is -3.88. The molecule has 2 heterocycles. The Morgan fingerprint density at radius 3 is 2.59 bits per heavy atom. The number of rotatable bonds is 4. The summed E-state index contributed by atoms with van der Waals surface area (Å²) >= 11 is 0. The summed E-state index contributed by atoms with van der Waals surface area (Å²) in [6.07, 6.45) is 2.75. The van der Waals surface area contributed by atoms with Gasteiger partial charge in [0.25, 0.3) is 0 Å². The van der Waals surface area contributed by atoms with E-state index in [4.69, 9.17) is 4.52 Å². The molecule has 4 aromatic rings. The van der Waals surface area contributed by atoms with Crippen LogP contribution in [0.1, 0.15) is 11.5 Å². The van der Waals surface area contributed by atoms with Gasteiger partial charge in [-0.15, -0.1) is 0 Å². The van der Waals surface area contributed by atoms with E-state index in [2.05, 4.69) is 10.1 Å². The molecular weight excluding hydrogens is 382 g/mol. The van der Waals surface area contributed by atoms with Gasteiger partial charge in [-0.2, -0.15) is 4.98 Å². The van der Waals surface area contributed by atoms with Crippen LogP contribution in [0.2, 0.25) is 0 Å². The molecule has 0 fully saturated rings. The lowest BCUT2D eigenvalue weighted by atomic mass is 10.2.